The van der Waals surface area contributed by atoms with Crippen LogP contribution < -0.4 is 4.90 Å². The maximum atomic E-state index is 13.3. The van der Waals surface area contributed by atoms with Crippen LogP contribution in [0.2, 0.25) is 5.02 Å². The highest BCUT2D eigenvalue weighted by atomic mass is 35.5. The van der Waals surface area contributed by atoms with Gasteiger partial charge < -0.3 is 4.90 Å². The van der Waals surface area contributed by atoms with Crippen LogP contribution in [0, 0.1) is 0 Å². The number of rotatable bonds is 4. The van der Waals surface area contributed by atoms with Crippen LogP contribution in [0.15, 0.2) is 53.4 Å². The number of sulfone groups is 1. The first kappa shape index (κ1) is 18.7. The van der Waals surface area contributed by atoms with Gasteiger partial charge in [0.15, 0.2) is 9.84 Å². The van der Waals surface area contributed by atoms with Gasteiger partial charge in [-0.2, -0.15) is 0 Å². The van der Waals surface area contributed by atoms with Gasteiger partial charge in [0.2, 0.25) is 0 Å². The van der Waals surface area contributed by atoms with E-state index in [1.165, 1.54) is 0 Å². The Morgan fingerprint density at radius 2 is 1.85 bits per heavy atom. The number of nitrogens with zero attached hydrogens (tertiary/aromatic N) is 2. The summed E-state index contributed by atoms with van der Waals surface area (Å²) in [6, 6.07) is 14.1. The number of amides is 2. The number of halogens is 1. The van der Waals surface area contributed by atoms with E-state index in [0.29, 0.717) is 11.6 Å². The molecular formula is C19H19ClN2O3S2. The van der Waals surface area contributed by atoms with Gasteiger partial charge in [-0.25, -0.2) is 13.2 Å². The van der Waals surface area contributed by atoms with Gasteiger partial charge in [-0.3, -0.25) is 4.90 Å². The number of hydrogen-bond donors (Lipinski definition) is 0. The Bertz CT molecular complexity index is 996. The maximum Gasteiger partial charge on any atom is 0.325 e. The highest BCUT2D eigenvalue weighted by Crippen LogP contribution is 2.37. The predicted molar refractivity (Wildman–Crippen MR) is 109 cm³/mol. The molecule has 2 aromatic carbocycles. The average molecular weight is 423 g/mol. The van der Waals surface area contributed by atoms with E-state index < -0.39 is 9.84 Å². The minimum absolute atomic E-state index is 0.00736. The van der Waals surface area contributed by atoms with Crippen molar-refractivity contribution in [3.8, 4) is 0 Å². The third-order valence-electron chi connectivity index (χ3n) is 5.11. The van der Waals surface area contributed by atoms with E-state index in [2.05, 4.69) is 0 Å². The second-order valence-electron chi connectivity index (χ2n) is 6.78. The van der Waals surface area contributed by atoms with E-state index in [9.17, 15) is 13.2 Å². The number of anilines is 1. The molecule has 2 aromatic rings. The van der Waals surface area contributed by atoms with E-state index in [1.54, 1.807) is 27.6 Å². The number of benzene rings is 2. The molecule has 5 nitrogen and oxygen atoms in total. The van der Waals surface area contributed by atoms with Crippen LogP contribution >= 0.6 is 23.4 Å². The summed E-state index contributed by atoms with van der Waals surface area (Å²) < 4.78 is 24.6. The van der Waals surface area contributed by atoms with E-state index >= 15 is 0 Å². The summed E-state index contributed by atoms with van der Waals surface area (Å²) in [6.45, 7) is 0.300. The molecule has 2 aliphatic rings. The summed E-state index contributed by atoms with van der Waals surface area (Å²) in [7, 11) is -3.19. The van der Waals surface area contributed by atoms with Crippen molar-refractivity contribution in [2.45, 2.75) is 23.5 Å². The SMILES string of the molecule is CSc1cccc(N2C(=O)N(Cc3ccccc3Cl)[C@@H]3CS(=O)(=O)C[C@H]32)c1. The summed E-state index contributed by atoms with van der Waals surface area (Å²) in [5.74, 6) is -0.0154. The summed E-state index contributed by atoms with van der Waals surface area (Å²) in [6.07, 6.45) is 1.97. The van der Waals surface area contributed by atoms with Gasteiger partial charge in [-0.1, -0.05) is 35.9 Å². The normalized spacial score (nSPS) is 23.7. The lowest BCUT2D eigenvalue weighted by atomic mass is 10.1. The minimum Gasteiger partial charge on any atom is -0.314 e. The van der Waals surface area contributed by atoms with Crippen LogP contribution in [-0.2, 0) is 16.4 Å². The lowest BCUT2D eigenvalue weighted by molar-refractivity contribution is 0.206. The Morgan fingerprint density at radius 1 is 1.11 bits per heavy atom. The molecule has 0 aliphatic carbocycles. The lowest BCUT2D eigenvalue weighted by Gasteiger charge is -2.23. The molecule has 0 N–H and O–H groups in total. The molecule has 0 bridgehead atoms. The maximum absolute atomic E-state index is 13.3. The smallest absolute Gasteiger partial charge is 0.314 e. The number of urea groups is 1. The first-order chi connectivity index (χ1) is 12.9. The topological polar surface area (TPSA) is 57.7 Å². The monoisotopic (exact) mass is 422 g/mol. The lowest BCUT2D eigenvalue weighted by Crippen LogP contribution is -2.37. The van der Waals surface area contributed by atoms with Crippen molar-refractivity contribution >= 4 is 44.9 Å². The molecule has 0 unspecified atom stereocenters. The molecule has 142 valence electrons. The quantitative estimate of drug-likeness (QED) is 0.557. The highest BCUT2D eigenvalue weighted by molar-refractivity contribution is 7.98. The summed E-state index contributed by atoms with van der Waals surface area (Å²) in [4.78, 5) is 17.6. The molecule has 0 saturated carbocycles. The van der Waals surface area contributed by atoms with E-state index in [0.717, 1.165) is 16.1 Å². The van der Waals surface area contributed by atoms with Gasteiger partial charge in [0.05, 0.1) is 23.6 Å². The van der Waals surface area contributed by atoms with E-state index in [1.807, 2.05) is 48.7 Å². The fraction of sp³-hybridized carbons (Fsp3) is 0.316. The van der Waals surface area contributed by atoms with Crippen LogP contribution in [0.25, 0.3) is 0 Å². The fourth-order valence-corrected chi connectivity index (χ4v) is 6.43. The van der Waals surface area contributed by atoms with Crippen molar-refractivity contribution in [2.75, 3.05) is 22.7 Å². The molecule has 8 heteroatoms. The van der Waals surface area contributed by atoms with Crippen molar-refractivity contribution in [2.24, 2.45) is 0 Å². The van der Waals surface area contributed by atoms with Crippen LogP contribution in [0.5, 0.6) is 0 Å². The number of carbonyl (C=O) groups is 1. The first-order valence-electron chi connectivity index (χ1n) is 8.57. The summed E-state index contributed by atoms with van der Waals surface area (Å²) >= 11 is 7.86. The van der Waals surface area contributed by atoms with Gasteiger partial charge in [-0.15, -0.1) is 11.8 Å². The Balaban J connectivity index is 1.73. The molecule has 4 rings (SSSR count). The minimum atomic E-state index is -3.19. The number of fused-ring (bicyclic) bond motifs is 1. The molecule has 27 heavy (non-hydrogen) atoms. The molecule has 0 radical (unpaired) electrons. The molecule has 2 heterocycles. The van der Waals surface area contributed by atoms with Gasteiger partial charge in [0.1, 0.15) is 0 Å². The Morgan fingerprint density at radius 3 is 2.59 bits per heavy atom. The van der Waals surface area contributed by atoms with Crippen LogP contribution in [-0.4, -0.2) is 49.2 Å². The van der Waals surface area contributed by atoms with Crippen molar-refractivity contribution in [1.82, 2.24) is 4.90 Å². The Hall–Kier alpha value is -1.70. The highest BCUT2D eigenvalue weighted by Gasteiger charge is 2.53. The van der Waals surface area contributed by atoms with Gasteiger partial charge >= 0.3 is 6.03 Å². The molecule has 0 aromatic heterocycles. The second kappa shape index (κ2) is 7.04. The van der Waals surface area contributed by atoms with Gasteiger partial charge in [0.25, 0.3) is 0 Å². The number of hydrogen-bond acceptors (Lipinski definition) is 4. The molecular weight excluding hydrogens is 404 g/mol. The molecule has 2 saturated heterocycles. The van der Waals surface area contributed by atoms with Gasteiger partial charge in [0, 0.05) is 22.2 Å². The predicted octanol–water partition coefficient (Wildman–Crippen LogP) is 3.67. The van der Waals surface area contributed by atoms with Crippen molar-refractivity contribution in [3.63, 3.8) is 0 Å². The van der Waals surface area contributed by atoms with E-state index in [-0.39, 0.29) is 29.6 Å². The van der Waals surface area contributed by atoms with Crippen molar-refractivity contribution in [1.29, 1.82) is 0 Å². The largest absolute Gasteiger partial charge is 0.325 e. The third-order valence-corrected chi connectivity index (χ3v) is 7.90. The molecule has 2 fully saturated rings. The van der Waals surface area contributed by atoms with Crippen molar-refractivity contribution < 1.29 is 13.2 Å². The summed E-state index contributed by atoms with van der Waals surface area (Å²) in [5, 5.41) is 0.575. The third kappa shape index (κ3) is 3.44. The second-order valence-corrected chi connectivity index (χ2v) is 10.2. The number of carbonyl (C=O) groups excluding carboxylic acids is 1. The van der Waals surface area contributed by atoms with Crippen LogP contribution in [0.3, 0.4) is 0 Å². The fourth-order valence-electron chi connectivity index (χ4n) is 3.83. The molecule has 2 aliphatic heterocycles. The van der Waals surface area contributed by atoms with Crippen molar-refractivity contribution in [3.05, 3.63) is 59.1 Å². The van der Waals surface area contributed by atoms with Crippen LogP contribution in [0.4, 0.5) is 10.5 Å². The Kier molecular flexibility index (Phi) is 4.86. The Labute approximate surface area is 168 Å². The molecule has 2 atom stereocenters. The zero-order chi connectivity index (χ0) is 19.2. The zero-order valence-electron chi connectivity index (χ0n) is 14.7. The van der Waals surface area contributed by atoms with Crippen LogP contribution in [0.1, 0.15) is 5.56 Å². The van der Waals surface area contributed by atoms with Gasteiger partial charge in [-0.05, 0) is 36.1 Å². The van der Waals surface area contributed by atoms with E-state index in [4.69, 9.17) is 11.6 Å². The number of thioether (sulfide) groups is 1. The molecule has 2 amide bonds. The standard InChI is InChI=1S/C19H19ClN2O3S2/c1-26-15-7-4-6-14(9-15)22-18-12-27(24,25)11-17(18)21(19(22)23)10-13-5-2-3-8-16(13)20/h2-9,17-18H,10-12H2,1H3/t17-,18-/m1/s1. The average Bonchev–Trinajstić information content (AvgIpc) is 3.07. The zero-order valence-corrected chi connectivity index (χ0v) is 17.1. The first-order valence-corrected chi connectivity index (χ1v) is 12.0. The molecule has 0 spiro atoms. The summed E-state index contributed by atoms with van der Waals surface area (Å²) in [5.41, 5.74) is 1.55.